The number of aromatic nitrogens is 1. The van der Waals surface area contributed by atoms with E-state index in [4.69, 9.17) is 5.73 Å². The van der Waals surface area contributed by atoms with E-state index in [0.29, 0.717) is 17.0 Å². The van der Waals surface area contributed by atoms with Crippen molar-refractivity contribution in [3.63, 3.8) is 0 Å². The molecule has 34 heavy (non-hydrogen) atoms. The summed E-state index contributed by atoms with van der Waals surface area (Å²) in [6.07, 6.45) is -0.780. The molecule has 0 amide bonds. The summed E-state index contributed by atoms with van der Waals surface area (Å²) < 4.78 is 37.4. The molecule has 1 heterocycles. The van der Waals surface area contributed by atoms with Crippen molar-refractivity contribution in [3.8, 4) is 11.1 Å². The molecule has 0 aliphatic carbocycles. The van der Waals surface area contributed by atoms with Crippen molar-refractivity contribution < 1.29 is 64.6 Å². The predicted molar refractivity (Wildman–Crippen MR) is 130 cm³/mol. The molecule has 170 valence electrons. The topological polar surface area (TPSA) is 65.0 Å². The average molecular weight is 507 g/mol. The third kappa shape index (κ3) is 9.07. The van der Waals surface area contributed by atoms with Gasteiger partial charge in [-0.3, -0.25) is 4.98 Å². The molecule has 0 unspecified atom stereocenters. The van der Waals surface area contributed by atoms with Crippen molar-refractivity contribution in [1.82, 2.24) is 4.98 Å². The number of nitrogens with one attached hydrogen (secondary N) is 1. The molecule has 0 radical (unpaired) electrons. The zero-order valence-corrected chi connectivity index (χ0v) is 22.5. The van der Waals surface area contributed by atoms with Gasteiger partial charge in [-0.25, -0.2) is 0 Å². The molecule has 4 nitrogen and oxygen atoms in total. The summed E-state index contributed by atoms with van der Waals surface area (Å²) >= 11 is 4.11. The van der Waals surface area contributed by atoms with E-state index >= 15 is 0 Å². The SMILES string of the molecule is FC(F)(F)c1ccc(-c2ccccc2)c(S)c1.Nc1ccc(N[N-]Cc2cccnc2)cc1.[K+]. The van der Waals surface area contributed by atoms with Crippen molar-refractivity contribution >= 4 is 24.0 Å². The van der Waals surface area contributed by atoms with Crippen LogP contribution in [0.2, 0.25) is 0 Å². The van der Waals surface area contributed by atoms with Crippen LogP contribution in [0.15, 0.2) is 102 Å². The molecule has 4 aromatic rings. The average Bonchev–Trinajstić information content (AvgIpc) is 2.81. The van der Waals surface area contributed by atoms with Crippen molar-refractivity contribution in [2.75, 3.05) is 11.2 Å². The van der Waals surface area contributed by atoms with Gasteiger partial charge >= 0.3 is 57.6 Å². The first-order valence-corrected chi connectivity index (χ1v) is 10.4. The van der Waals surface area contributed by atoms with E-state index in [1.165, 1.54) is 6.07 Å². The normalized spacial score (nSPS) is 10.5. The van der Waals surface area contributed by atoms with E-state index in [1.54, 1.807) is 12.4 Å². The summed E-state index contributed by atoms with van der Waals surface area (Å²) in [6, 6.07) is 24.1. The largest absolute Gasteiger partial charge is 1.00 e. The molecule has 3 aromatic carbocycles. The number of nitrogens with two attached hydrogens (primary N) is 1. The molecule has 0 aliphatic heterocycles. The maximum atomic E-state index is 12.5. The second-order valence-corrected chi connectivity index (χ2v) is 7.49. The maximum absolute atomic E-state index is 12.5. The van der Waals surface area contributed by atoms with Crippen LogP contribution in [0.1, 0.15) is 11.1 Å². The van der Waals surface area contributed by atoms with Crippen LogP contribution in [-0.4, -0.2) is 4.98 Å². The number of benzene rings is 3. The van der Waals surface area contributed by atoms with Crippen LogP contribution in [0, 0.1) is 0 Å². The number of nitrogen functional groups attached to an aromatic ring is 1. The molecule has 0 bridgehead atoms. The molecule has 0 atom stereocenters. The summed E-state index contributed by atoms with van der Waals surface area (Å²) in [5.74, 6) is 0. The number of pyridine rings is 1. The molecule has 1 aromatic heterocycles. The molecular formula is C25H22F3KN4S. The Morgan fingerprint density at radius 2 is 1.62 bits per heavy atom. The fraction of sp³-hybridized carbons (Fsp3) is 0.0800. The fourth-order valence-electron chi connectivity index (χ4n) is 2.84. The monoisotopic (exact) mass is 506 g/mol. The zero-order chi connectivity index (χ0) is 23.7. The van der Waals surface area contributed by atoms with Crippen LogP contribution < -0.4 is 62.5 Å². The van der Waals surface area contributed by atoms with Crippen LogP contribution in [0.5, 0.6) is 0 Å². The van der Waals surface area contributed by atoms with Gasteiger partial charge in [-0.1, -0.05) is 42.5 Å². The van der Waals surface area contributed by atoms with E-state index in [1.807, 2.05) is 66.7 Å². The van der Waals surface area contributed by atoms with E-state index < -0.39 is 11.7 Å². The summed E-state index contributed by atoms with van der Waals surface area (Å²) in [6.45, 7) is 0.595. The van der Waals surface area contributed by atoms with E-state index in [0.717, 1.165) is 34.6 Å². The molecule has 0 spiro atoms. The second kappa shape index (κ2) is 13.9. The second-order valence-electron chi connectivity index (χ2n) is 7.01. The Bertz CT molecular complexity index is 1140. The smallest absolute Gasteiger partial charge is 0.567 e. The quantitative estimate of drug-likeness (QED) is 0.164. The van der Waals surface area contributed by atoms with E-state index in [9.17, 15) is 13.2 Å². The molecule has 0 aliphatic rings. The molecule has 0 saturated carbocycles. The fourth-order valence-corrected chi connectivity index (χ4v) is 3.18. The van der Waals surface area contributed by atoms with Crippen LogP contribution in [0.3, 0.4) is 0 Å². The summed E-state index contributed by atoms with van der Waals surface area (Å²) in [4.78, 5) is 4.34. The Hall–Kier alpha value is -1.85. The third-order valence-corrected chi connectivity index (χ3v) is 4.88. The summed E-state index contributed by atoms with van der Waals surface area (Å²) in [5.41, 5.74) is 16.4. The Kier molecular flexibility index (Phi) is 11.6. The summed E-state index contributed by atoms with van der Waals surface area (Å²) in [5, 5.41) is 0. The first-order chi connectivity index (χ1) is 15.8. The number of halogens is 3. The van der Waals surface area contributed by atoms with Crippen LogP contribution >= 0.6 is 12.6 Å². The van der Waals surface area contributed by atoms with Gasteiger partial charge in [-0.2, -0.15) is 13.2 Å². The third-order valence-electron chi connectivity index (χ3n) is 4.51. The van der Waals surface area contributed by atoms with Gasteiger partial charge in [0.1, 0.15) is 0 Å². The number of anilines is 2. The molecule has 0 saturated heterocycles. The molecule has 4 rings (SSSR count). The Labute approximate surface area is 245 Å². The zero-order valence-electron chi connectivity index (χ0n) is 18.5. The van der Waals surface area contributed by atoms with E-state index in [2.05, 4.69) is 28.5 Å². The van der Waals surface area contributed by atoms with Gasteiger partial charge in [0.2, 0.25) is 0 Å². The van der Waals surface area contributed by atoms with Gasteiger partial charge in [0.05, 0.1) is 5.56 Å². The number of thiol groups is 1. The Balaban J connectivity index is 0.000000234. The van der Waals surface area contributed by atoms with Gasteiger partial charge in [0.15, 0.2) is 0 Å². The van der Waals surface area contributed by atoms with Crippen molar-refractivity contribution in [3.05, 3.63) is 114 Å². The number of alkyl halides is 3. The Morgan fingerprint density at radius 3 is 2.21 bits per heavy atom. The van der Waals surface area contributed by atoms with Crippen molar-refractivity contribution in [2.45, 2.75) is 17.6 Å². The first kappa shape index (κ1) is 28.4. The first-order valence-electron chi connectivity index (χ1n) is 9.95. The molecular weight excluding hydrogens is 484 g/mol. The number of hydrogen-bond donors (Lipinski definition) is 3. The van der Waals surface area contributed by atoms with Gasteiger partial charge in [0.25, 0.3) is 0 Å². The van der Waals surface area contributed by atoms with E-state index in [-0.39, 0.29) is 51.4 Å². The maximum Gasteiger partial charge on any atom is 1.00 e. The Morgan fingerprint density at radius 1 is 0.912 bits per heavy atom. The standard InChI is InChI=1S/C13H9F3S.C12H13N4.K/c14-13(15,16)10-6-7-11(12(17)8-10)9-4-2-1-3-5-9;13-11-3-5-12(6-4-11)16-15-9-10-2-1-7-14-8-10;/h1-8,17H;1-8,16H,9,13H2;/q;-1;+1. The predicted octanol–water partition coefficient (Wildman–Crippen LogP) is 4.23. The van der Waals surface area contributed by atoms with Gasteiger partial charge < -0.3 is 16.6 Å². The van der Waals surface area contributed by atoms with Crippen molar-refractivity contribution in [1.29, 1.82) is 0 Å². The minimum Gasteiger partial charge on any atom is -0.567 e. The van der Waals surface area contributed by atoms with Crippen molar-refractivity contribution in [2.24, 2.45) is 0 Å². The minimum atomic E-state index is -4.33. The van der Waals surface area contributed by atoms with Crippen LogP contribution in [0.4, 0.5) is 24.5 Å². The number of rotatable bonds is 5. The van der Waals surface area contributed by atoms with Gasteiger partial charge in [0, 0.05) is 28.7 Å². The van der Waals surface area contributed by atoms with Crippen LogP contribution in [0.25, 0.3) is 16.6 Å². The minimum absolute atomic E-state index is 0. The number of nitrogens with zero attached hydrogens (tertiary/aromatic N) is 2. The molecule has 3 N–H and O–H groups in total. The molecule has 9 heteroatoms. The van der Waals surface area contributed by atoms with Gasteiger partial charge in [-0.15, -0.1) is 19.2 Å². The molecule has 0 fully saturated rings. The summed E-state index contributed by atoms with van der Waals surface area (Å²) in [7, 11) is 0. The number of hydrogen-bond acceptors (Lipinski definition) is 4. The van der Waals surface area contributed by atoms with Crippen LogP contribution in [-0.2, 0) is 12.7 Å². The van der Waals surface area contributed by atoms with Gasteiger partial charge in [-0.05, 0) is 59.2 Å².